The molecule has 0 saturated carbocycles. The standard InChI is InChI=1S/C7H8BrNOS/c1-4(9)7(10)5-2-6(8)11-3-5/h2-4H,9H2,1H3. The Hall–Kier alpha value is -0.190. The van der Waals surface area contributed by atoms with Crippen molar-refractivity contribution < 1.29 is 4.79 Å². The number of thiophene rings is 1. The number of ketones is 1. The molecule has 0 saturated heterocycles. The molecule has 1 rings (SSSR count). The SMILES string of the molecule is CC(N)C(=O)c1csc(Br)c1. The summed E-state index contributed by atoms with van der Waals surface area (Å²) in [6.45, 7) is 1.69. The number of carbonyl (C=O) groups excluding carboxylic acids is 1. The van der Waals surface area contributed by atoms with Gasteiger partial charge in [0.2, 0.25) is 0 Å². The van der Waals surface area contributed by atoms with Gasteiger partial charge in [-0.2, -0.15) is 0 Å². The van der Waals surface area contributed by atoms with Gasteiger partial charge in [0, 0.05) is 10.9 Å². The van der Waals surface area contributed by atoms with Crippen LogP contribution in [0.1, 0.15) is 17.3 Å². The molecule has 0 aromatic carbocycles. The van der Waals surface area contributed by atoms with E-state index in [2.05, 4.69) is 15.9 Å². The van der Waals surface area contributed by atoms with E-state index in [4.69, 9.17) is 5.73 Å². The van der Waals surface area contributed by atoms with Gasteiger partial charge in [-0.1, -0.05) is 0 Å². The number of rotatable bonds is 2. The Balaban J connectivity index is 2.85. The molecule has 0 aliphatic carbocycles. The highest BCUT2D eigenvalue weighted by molar-refractivity contribution is 9.11. The molecular weight excluding hydrogens is 226 g/mol. The Morgan fingerprint density at radius 2 is 2.45 bits per heavy atom. The average molecular weight is 234 g/mol. The summed E-state index contributed by atoms with van der Waals surface area (Å²) < 4.78 is 0.960. The molecule has 0 spiro atoms. The lowest BCUT2D eigenvalue weighted by Crippen LogP contribution is -2.26. The molecule has 11 heavy (non-hydrogen) atoms. The van der Waals surface area contributed by atoms with Crippen molar-refractivity contribution in [1.29, 1.82) is 0 Å². The maximum atomic E-state index is 11.2. The topological polar surface area (TPSA) is 43.1 Å². The smallest absolute Gasteiger partial charge is 0.180 e. The predicted molar refractivity (Wildman–Crippen MR) is 50.0 cm³/mol. The van der Waals surface area contributed by atoms with E-state index in [-0.39, 0.29) is 5.78 Å². The van der Waals surface area contributed by atoms with Gasteiger partial charge in [-0.05, 0) is 28.9 Å². The highest BCUT2D eigenvalue weighted by Gasteiger charge is 2.11. The Labute approximate surface area is 77.5 Å². The summed E-state index contributed by atoms with van der Waals surface area (Å²) in [6.07, 6.45) is 0. The third-order valence-corrected chi connectivity index (χ3v) is 2.77. The molecule has 2 N–H and O–H groups in total. The minimum Gasteiger partial charge on any atom is -0.321 e. The number of Topliss-reactive ketones (excluding diaryl/α,β-unsaturated/α-hetero) is 1. The van der Waals surface area contributed by atoms with Crippen molar-refractivity contribution >= 4 is 33.0 Å². The van der Waals surface area contributed by atoms with E-state index in [0.29, 0.717) is 5.56 Å². The highest BCUT2D eigenvalue weighted by Crippen LogP contribution is 2.21. The third kappa shape index (κ3) is 2.12. The zero-order chi connectivity index (χ0) is 8.43. The number of hydrogen-bond acceptors (Lipinski definition) is 3. The maximum absolute atomic E-state index is 11.2. The van der Waals surface area contributed by atoms with Crippen molar-refractivity contribution in [3.63, 3.8) is 0 Å². The van der Waals surface area contributed by atoms with E-state index in [9.17, 15) is 4.79 Å². The van der Waals surface area contributed by atoms with Crippen LogP contribution in [0.5, 0.6) is 0 Å². The van der Waals surface area contributed by atoms with Crippen molar-refractivity contribution in [3.8, 4) is 0 Å². The zero-order valence-electron chi connectivity index (χ0n) is 6.00. The molecule has 0 aliphatic heterocycles. The summed E-state index contributed by atoms with van der Waals surface area (Å²) in [5.41, 5.74) is 6.11. The molecule has 0 bridgehead atoms. The van der Waals surface area contributed by atoms with Crippen LogP contribution in [0.2, 0.25) is 0 Å². The van der Waals surface area contributed by atoms with Crippen LogP contribution in [0.25, 0.3) is 0 Å². The number of nitrogens with two attached hydrogens (primary N) is 1. The molecule has 1 unspecified atom stereocenters. The molecule has 1 aromatic heterocycles. The molecule has 1 aromatic rings. The van der Waals surface area contributed by atoms with Crippen molar-refractivity contribution in [1.82, 2.24) is 0 Å². The first kappa shape index (κ1) is 8.90. The van der Waals surface area contributed by atoms with Gasteiger partial charge in [-0.25, -0.2) is 0 Å². The van der Waals surface area contributed by atoms with Crippen LogP contribution in [0, 0.1) is 0 Å². The first-order chi connectivity index (χ1) is 5.11. The van der Waals surface area contributed by atoms with Gasteiger partial charge < -0.3 is 5.73 Å². The second-order valence-electron chi connectivity index (χ2n) is 2.29. The zero-order valence-corrected chi connectivity index (χ0v) is 8.41. The van der Waals surface area contributed by atoms with Crippen molar-refractivity contribution in [2.24, 2.45) is 5.73 Å². The van der Waals surface area contributed by atoms with Crippen molar-refractivity contribution in [3.05, 3.63) is 20.8 Å². The van der Waals surface area contributed by atoms with Crippen molar-refractivity contribution in [2.45, 2.75) is 13.0 Å². The molecule has 0 radical (unpaired) electrons. The maximum Gasteiger partial charge on any atom is 0.180 e. The van der Waals surface area contributed by atoms with E-state index >= 15 is 0 Å². The van der Waals surface area contributed by atoms with Crippen LogP contribution in [0.15, 0.2) is 15.2 Å². The average Bonchev–Trinajstić information content (AvgIpc) is 2.34. The van der Waals surface area contributed by atoms with E-state index < -0.39 is 6.04 Å². The minimum absolute atomic E-state index is 0.00745. The second-order valence-corrected chi connectivity index (χ2v) is 4.58. The highest BCUT2D eigenvalue weighted by atomic mass is 79.9. The van der Waals surface area contributed by atoms with Crippen LogP contribution < -0.4 is 5.73 Å². The largest absolute Gasteiger partial charge is 0.321 e. The fourth-order valence-corrected chi connectivity index (χ4v) is 1.85. The fraction of sp³-hybridized carbons (Fsp3) is 0.286. The van der Waals surface area contributed by atoms with Crippen LogP contribution >= 0.6 is 27.3 Å². The normalized spacial score (nSPS) is 13.0. The van der Waals surface area contributed by atoms with Gasteiger partial charge >= 0.3 is 0 Å². The summed E-state index contributed by atoms with van der Waals surface area (Å²) in [7, 11) is 0. The first-order valence-corrected chi connectivity index (χ1v) is 4.82. The Kier molecular flexibility index (Phi) is 2.81. The Morgan fingerprint density at radius 3 is 2.82 bits per heavy atom. The first-order valence-electron chi connectivity index (χ1n) is 3.15. The summed E-state index contributed by atoms with van der Waals surface area (Å²) in [6, 6.07) is 1.38. The van der Waals surface area contributed by atoms with Gasteiger partial charge in [-0.3, -0.25) is 4.79 Å². The molecule has 4 heteroatoms. The van der Waals surface area contributed by atoms with E-state index in [1.54, 1.807) is 18.4 Å². The number of carbonyl (C=O) groups is 1. The van der Waals surface area contributed by atoms with Crippen LogP contribution in [0.3, 0.4) is 0 Å². The Bertz CT molecular complexity index is 269. The third-order valence-electron chi connectivity index (χ3n) is 1.27. The quantitative estimate of drug-likeness (QED) is 0.795. The molecule has 1 atom stereocenters. The molecular formula is C7H8BrNOS. The number of hydrogen-bond donors (Lipinski definition) is 1. The van der Waals surface area contributed by atoms with Crippen LogP contribution in [0.4, 0.5) is 0 Å². The molecule has 0 fully saturated rings. The summed E-state index contributed by atoms with van der Waals surface area (Å²) in [4.78, 5) is 11.2. The van der Waals surface area contributed by atoms with Gasteiger partial charge in [-0.15, -0.1) is 11.3 Å². The lowest BCUT2D eigenvalue weighted by Gasteiger charge is -1.99. The van der Waals surface area contributed by atoms with Crippen LogP contribution in [-0.4, -0.2) is 11.8 Å². The lowest BCUT2D eigenvalue weighted by atomic mass is 10.1. The van der Waals surface area contributed by atoms with Gasteiger partial charge in [0.15, 0.2) is 5.78 Å². The minimum atomic E-state index is -0.406. The van der Waals surface area contributed by atoms with E-state index in [1.807, 2.05) is 0 Å². The lowest BCUT2D eigenvalue weighted by molar-refractivity contribution is 0.0968. The van der Waals surface area contributed by atoms with E-state index in [0.717, 1.165) is 3.79 Å². The fourth-order valence-electron chi connectivity index (χ4n) is 0.702. The molecule has 0 amide bonds. The van der Waals surface area contributed by atoms with Gasteiger partial charge in [0.25, 0.3) is 0 Å². The predicted octanol–water partition coefficient (Wildman–Crippen LogP) is 2.04. The van der Waals surface area contributed by atoms with Crippen molar-refractivity contribution in [2.75, 3.05) is 0 Å². The van der Waals surface area contributed by atoms with E-state index in [1.165, 1.54) is 11.3 Å². The van der Waals surface area contributed by atoms with Crippen LogP contribution in [-0.2, 0) is 0 Å². The van der Waals surface area contributed by atoms with Gasteiger partial charge in [0.05, 0.1) is 9.83 Å². The van der Waals surface area contributed by atoms with Gasteiger partial charge in [0.1, 0.15) is 0 Å². The number of halogens is 1. The molecule has 2 nitrogen and oxygen atoms in total. The second kappa shape index (κ2) is 3.47. The molecule has 0 aliphatic rings. The molecule has 60 valence electrons. The molecule has 1 heterocycles. The monoisotopic (exact) mass is 233 g/mol. The summed E-state index contributed by atoms with van der Waals surface area (Å²) >= 11 is 4.77. The summed E-state index contributed by atoms with van der Waals surface area (Å²) in [5.74, 6) is -0.00745. The summed E-state index contributed by atoms with van der Waals surface area (Å²) in [5, 5.41) is 1.80. The Morgan fingerprint density at radius 1 is 1.82 bits per heavy atom.